The molecule has 0 unspecified atom stereocenters. The zero-order valence-electron chi connectivity index (χ0n) is 16.2. The van der Waals surface area contributed by atoms with Gasteiger partial charge in [0, 0.05) is 49.4 Å². The lowest BCUT2D eigenvalue weighted by atomic mass is 9.99. The van der Waals surface area contributed by atoms with Gasteiger partial charge in [0.1, 0.15) is 6.33 Å². The third kappa shape index (κ3) is 3.90. The number of aromatic hydroxyl groups is 1. The smallest absolute Gasteiger partial charge is 0.238 e. The minimum atomic E-state index is -0.00948. The molecule has 1 N–H and O–H groups in total. The molecule has 3 aromatic heterocycles. The standard InChI is InChI=1S/C19H25N7O2/c1-14(2)16-17(22-19(23-18(16)27)25-4-3-20-13-25)15-11-21-26(12-15)6-5-24-7-9-28-10-8-24/h3-4,11-14H,5-10H2,1-2H3,(H,22,23,27). The monoisotopic (exact) mass is 383 g/mol. The van der Waals surface area contributed by atoms with E-state index in [4.69, 9.17) is 9.72 Å². The van der Waals surface area contributed by atoms with Gasteiger partial charge in [-0.1, -0.05) is 13.8 Å². The van der Waals surface area contributed by atoms with Crippen molar-refractivity contribution in [2.75, 3.05) is 32.8 Å². The summed E-state index contributed by atoms with van der Waals surface area (Å²) >= 11 is 0. The Hall–Kier alpha value is -2.78. The summed E-state index contributed by atoms with van der Waals surface area (Å²) in [5.41, 5.74) is 2.28. The third-order valence-electron chi connectivity index (χ3n) is 4.88. The number of hydrogen-bond donors (Lipinski definition) is 1. The number of nitrogens with zero attached hydrogens (tertiary/aromatic N) is 7. The maximum absolute atomic E-state index is 10.6. The second kappa shape index (κ2) is 8.07. The normalized spacial score (nSPS) is 15.4. The topological polar surface area (TPSA) is 94.1 Å². The molecule has 9 heteroatoms. The molecule has 1 aliphatic rings. The van der Waals surface area contributed by atoms with Crippen LogP contribution in [0.2, 0.25) is 0 Å². The second-order valence-corrected chi connectivity index (χ2v) is 7.18. The van der Waals surface area contributed by atoms with Crippen LogP contribution in [-0.2, 0) is 11.3 Å². The average Bonchev–Trinajstić information content (AvgIpc) is 3.38. The van der Waals surface area contributed by atoms with Crippen molar-refractivity contribution in [3.8, 4) is 23.1 Å². The maximum atomic E-state index is 10.6. The van der Waals surface area contributed by atoms with Crippen molar-refractivity contribution in [1.29, 1.82) is 0 Å². The zero-order valence-corrected chi connectivity index (χ0v) is 16.2. The van der Waals surface area contributed by atoms with Crippen LogP contribution in [0.25, 0.3) is 17.2 Å². The number of morpholine rings is 1. The van der Waals surface area contributed by atoms with Crippen molar-refractivity contribution in [3.63, 3.8) is 0 Å². The molecule has 0 aromatic carbocycles. The summed E-state index contributed by atoms with van der Waals surface area (Å²) in [4.78, 5) is 15.4. The molecular formula is C19H25N7O2. The van der Waals surface area contributed by atoms with E-state index in [1.165, 1.54) is 0 Å². The van der Waals surface area contributed by atoms with Crippen LogP contribution < -0.4 is 0 Å². The zero-order chi connectivity index (χ0) is 19.5. The molecule has 0 saturated carbocycles. The Balaban J connectivity index is 1.61. The Labute approximate surface area is 163 Å². The van der Waals surface area contributed by atoms with Gasteiger partial charge in [0.2, 0.25) is 11.8 Å². The molecule has 4 rings (SSSR count). The van der Waals surface area contributed by atoms with E-state index in [9.17, 15) is 5.11 Å². The lowest BCUT2D eigenvalue weighted by Crippen LogP contribution is -2.38. The van der Waals surface area contributed by atoms with Crippen LogP contribution >= 0.6 is 0 Å². The van der Waals surface area contributed by atoms with E-state index in [0.717, 1.165) is 50.5 Å². The van der Waals surface area contributed by atoms with Gasteiger partial charge in [0.15, 0.2) is 0 Å². The van der Waals surface area contributed by atoms with Gasteiger partial charge in [-0.3, -0.25) is 14.1 Å². The number of rotatable bonds is 6. The van der Waals surface area contributed by atoms with E-state index in [-0.39, 0.29) is 11.8 Å². The van der Waals surface area contributed by atoms with Crippen molar-refractivity contribution in [3.05, 3.63) is 36.7 Å². The first kappa shape index (κ1) is 18.6. The predicted molar refractivity (Wildman–Crippen MR) is 103 cm³/mol. The maximum Gasteiger partial charge on any atom is 0.238 e. The molecule has 3 aromatic rings. The van der Waals surface area contributed by atoms with Crippen LogP contribution in [0, 0.1) is 0 Å². The lowest BCUT2D eigenvalue weighted by molar-refractivity contribution is 0.0360. The van der Waals surface area contributed by atoms with Gasteiger partial charge >= 0.3 is 0 Å². The van der Waals surface area contributed by atoms with E-state index in [1.54, 1.807) is 29.5 Å². The number of imidazole rings is 1. The van der Waals surface area contributed by atoms with Gasteiger partial charge in [0.05, 0.1) is 31.6 Å². The lowest BCUT2D eigenvalue weighted by Gasteiger charge is -2.26. The van der Waals surface area contributed by atoms with Gasteiger partial charge in [-0.2, -0.15) is 10.1 Å². The quantitative estimate of drug-likeness (QED) is 0.692. The molecule has 1 saturated heterocycles. The van der Waals surface area contributed by atoms with Crippen molar-refractivity contribution >= 4 is 0 Å². The molecule has 1 fully saturated rings. The summed E-state index contributed by atoms with van der Waals surface area (Å²) in [7, 11) is 0. The molecule has 0 spiro atoms. The third-order valence-corrected chi connectivity index (χ3v) is 4.88. The van der Waals surface area contributed by atoms with Crippen LogP contribution in [0.4, 0.5) is 0 Å². The van der Waals surface area contributed by atoms with Crippen LogP contribution in [0.15, 0.2) is 31.1 Å². The molecule has 0 amide bonds. The summed E-state index contributed by atoms with van der Waals surface area (Å²) in [5, 5.41) is 15.0. The van der Waals surface area contributed by atoms with Crippen LogP contribution in [0.5, 0.6) is 5.88 Å². The van der Waals surface area contributed by atoms with Crippen molar-refractivity contribution < 1.29 is 9.84 Å². The highest BCUT2D eigenvalue weighted by atomic mass is 16.5. The summed E-state index contributed by atoms with van der Waals surface area (Å²) in [6.45, 7) is 9.25. The minimum Gasteiger partial charge on any atom is -0.493 e. The summed E-state index contributed by atoms with van der Waals surface area (Å²) in [6.07, 6.45) is 8.79. The van der Waals surface area contributed by atoms with Crippen molar-refractivity contribution in [2.24, 2.45) is 0 Å². The van der Waals surface area contributed by atoms with E-state index in [0.29, 0.717) is 11.6 Å². The molecule has 148 valence electrons. The number of hydrogen-bond acceptors (Lipinski definition) is 7. The minimum absolute atomic E-state index is 0.00948. The highest BCUT2D eigenvalue weighted by Gasteiger charge is 2.20. The molecule has 0 atom stereocenters. The van der Waals surface area contributed by atoms with Gasteiger partial charge in [-0.25, -0.2) is 9.97 Å². The molecule has 0 radical (unpaired) electrons. The Bertz CT molecular complexity index is 915. The van der Waals surface area contributed by atoms with Crippen LogP contribution in [0.1, 0.15) is 25.3 Å². The fourth-order valence-electron chi connectivity index (χ4n) is 3.37. The molecule has 0 bridgehead atoms. The number of ether oxygens (including phenoxy) is 1. The van der Waals surface area contributed by atoms with Crippen molar-refractivity contribution in [2.45, 2.75) is 26.3 Å². The van der Waals surface area contributed by atoms with Gasteiger partial charge in [-0.05, 0) is 5.92 Å². The van der Waals surface area contributed by atoms with E-state index < -0.39 is 0 Å². The largest absolute Gasteiger partial charge is 0.493 e. The van der Waals surface area contributed by atoms with E-state index in [2.05, 4.69) is 20.0 Å². The molecule has 9 nitrogen and oxygen atoms in total. The Kier molecular flexibility index (Phi) is 5.36. The van der Waals surface area contributed by atoms with Crippen molar-refractivity contribution in [1.82, 2.24) is 34.2 Å². The summed E-state index contributed by atoms with van der Waals surface area (Å²) in [6, 6.07) is 0. The first-order chi connectivity index (χ1) is 13.6. The van der Waals surface area contributed by atoms with E-state index in [1.807, 2.05) is 24.7 Å². The van der Waals surface area contributed by atoms with Crippen LogP contribution in [-0.4, -0.2) is 72.2 Å². The van der Waals surface area contributed by atoms with Gasteiger partial charge in [-0.15, -0.1) is 0 Å². The molecule has 0 aliphatic carbocycles. The Morgan fingerprint density at radius 1 is 1.18 bits per heavy atom. The second-order valence-electron chi connectivity index (χ2n) is 7.18. The average molecular weight is 383 g/mol. The van der Waals surface area contributed by atoms with Crippen LogP contribution in [0.3, 0.4) is 0 Å². The summed E-state index contributed by atoms with van der Waals surface area (Å²) < 4.78 is 8.99. The summed E-state index contributed by atoms with van der Waals surface area (Å²) in [5.74, 6) is 0.448. The van der Waals surface area contributed by atoms with E-state index >= 15 is 0 Å². The Morgan fingerprint density at radius 3 is 2.71 bits per heavy atom. The van der Waals surface area contributed by atoms with Gasteiger partial charge < -0.3 is 9.84 Å². The molecular weight excluding hydrogens is 358 g/mol. The SMILES string of the molecule is CC(C)c1c(O)nc(-n2ccnc2)nc1-c1cnn(CCN2CCOCC2)c1. The predicted octanol–water partition coefficient (Wildman–Crippen LogP) is 1.69. The Morgan fingerprint density at radius 2 is 2.00 bits per heavy atom. The molecule has 4 heterocycles. The van der Waals surface area contributed by atoms with Gasteiger partial charge in [0.25, 0.3) is 0 Å². The first-order valence-corrected chi connectivity index (χ1v) is 9.54. The number of aromatic nitrogens is 6. The highest BCUT2D eigenvalue weighted by molar-refractivity contribution is 5.65. The fourth-order valence-corrected chi connectivity index (χ4v) is 3.37. The first-order valence-electron chi connectivity index (χ1n) is 9.54. The fraction of sp³-hybridized carbons (Fsp3) is 0.474. The molecule has 1 aliphatic heterocycles. The highest BCUT2D eigenvalue weighted by Crippen LogP contribution is 2.33. The molecule has 28 heavy (non-hydrogen) atoms.